The van der Waals surface area contributed by atoms with Crippen LogP contribution in [0.5, 0.6) is 11.5 Å². The molecule has 0 amide bonds. The fourth-order valence-corrected chi connectivity index (χ4v) is 2.32. The lowest BCUT2D eigenvalue weighted by Gasteiger charge is -2.11. The first-order valence-electron chi connectivity index (χ1n) is 6.34. The van der Waals surface area contributed by atoms with Gasteiger partial charge in [-0.05, 0) is 18.2 Å². The molecule has 11 heteroatoms. The van der Waals surface area contributed by atoms with Gasteiger partial charge in [0.15, 0.2) is 5.75 Å². The quantitative estimate of drug-likeness (QED) is 0.621. The minimum Gasteiger partial charge on any atom is -0.455 e. The third kappa shape index (κ3) is 4.39. The van der Waals surface area contributed by atoms with Crippen molar-refractivity contribution in [3.63, 3.8) is 0 Å². The van der Waals surface area contributed by atoms with Crippen molar-refractivity contribution in [3.8, 4) is 11.5 Å². The molecule has 0 atom stereocenters. The molecule has 0 unspecified atom stereocenters. The fraction of sp³-hybridized carbons (Fsp3) is 0.0769. The molecule has 1 N–H and O–H groups in total. The van der Waals surface area contributed by atoms with E-state index in [2.05, 4.69) is 4.72 Å². The number of rotatable bonds is 6. The number of sulfonamides is 1. The van der Waals surface area contributed by atoms with Gasteiger partial charge in [-0.15, -0.1) is 0 Å². The van der Waals surface area contributed by atoms with Gasteiger partial charge in [0, 0.05) is 18.2 Å². The Morgan fingerprint density at radius 3 is 2.00 bits per heavy atom. The number of hydrogen-bond acceptors (Lipinski definition) is 7. The molecule has 2 aromatic rings. The highest BCUT2D eigenvalue weighted by molar-refractivity contribution is 7.92. The molecule has 10 nitrogen and oxygen atoms in total. The number of nitro benzene ring substituents is 2. The van der Waals surface area contributed by atoms with Crippen LogP contribution < -0.4 is 9.46 Å². The normalized spacial score (nSPS) is 10.9. The van der Waals surface area contributed by atoms with Gasteiger partial charge >= 0.3 is 0 Å². The van der Waals surface area contributed by atoms with E-state index >= 15 is 0 Å². The summed E-state index contributed by atoms with van der Waals surface area (Å²) in [4.78, 5) is 20.2. The van der Waals surface area contributed by atoms with Crippen LogP contribution in [-0.2, 0) is 10.0 Å². The van der Waals surface area contributed by atoms with Crippen LogP contribution in [0.15, 0.2) is 42.5 Å². The second-order valence-corrected chi connectivity index (χ2v) is 6.41. The molecule has 0 saturated carbocycles. The van der Waals surface area contributed by atoms with E-state index in [1.54, 1.807) is 0 Å². The summed E-state index contributed by atoms with van der Waals surface area (Å²) in [6, 6.07) is 8.33. The van der Waals surface area contributed by atoms with Gasteiger partial charge < -0.3 is 4.74 Å². The lowest BCUT2D eigenvalue weighted by atomic mass is 10.2. The first-order chi connectivity index (χ1) is 11.2. The van der Waals surface area contributed by atoms with E-state index in [4.69, 9.17) is 4.74 Å². The molecule has 0 spiro atoms. The van der Waals surface area contributed by atoms with Gasteiger partial charge in [0.2, 0.25) is 10.0 Å². The van der Waals surface area contributed by atoms with Crippen LogP contribution in [0.4, 0.5) is 17.1 Å². The average Bonchev–Trinajstić information content (AvgIpc) is 2.48. The molecular formula is C13H11N3O7S. The van der Waals surface area contributed by atoms with Crippen molar-refractivity contribution in [2.24, 2.45) is 0 Å². The number of non-ortho nitro benzene ring substituents is 2. The van der Waals surface area contributed by atoms with E-state index in [0.717, 1.165) is 18.4 Å². The van der Waals surface area contributed by atoms with Crippen molar-refractivity contribution in [3.05, 3.63) is 62.7 Å². The molecule has 126 valence electrons. The van der Waals surface area contributed by atoms with E-state index in [1.165, 1.54) is 30.3 Å². The van der Waals surface area contributed by atoms with Crippen LogP contribution in [0.2, 0.25) is 0 Å². The maximum absolute atomic E-state index is 11.4. The minimum absolute atomic E-state index is 0.00135. The lowest BCUT2D eigenvalue weighted by molar-refractivity contribution is -0.385. The summed E-state index contributed by atoms with van der Waals surface area (Å²) in [7, 11) is -3.63. The predicted molar refractivity (Wildman–Crippen MR) is 84.7 cm³/mol. The molecule has 0 aliphatic heterocycles. The van der Waals surface area contributed by atoms with Crippen LogP contribution in [0.3, 0.4) is 0 Å². The molecule has 0 bridgehead atoms. The average molecular weight is 353 g/mol. The number of benzene rings is 2. The molecule has 24 heavy (non-hydrogen) atoms. The van der Waals surface area contributed by atoms with Crippen LogP contribution in [-0.4, -0.2) is 24.5 Å². The van der Waals surface area contributed by atoms with Crippen LogP contribution in [0, 0.1) is 20.2 Å². The highest BCUT2D eigenvalue weighted by atomic mass is 32.2. The third-order valence-electron chi connectivity index (χ3n) is 2.75. The Hall–Kier alpha value is -3.21. The molecule has 0 fully saturated rings. The minimum atomic E-state index is -3.63. The molecule has 0 saturated heterocycles. The first-order valence-corrected chi connectivity index (χ1v) is 8.23. The highest BCUT2D eigenvalue weighted by Crippen LogP contribution is 2.34. The Kier molecular flexibility index (Phi) is 4.64. The molecular weight excluding hydrogens is 342 g/mol. The second kappa shape index (κ2) is 6.50. The van der Waals surface area contributed by atoms with Gasteiger partial charge in [0.05, 0.1) is 27.9 Å². The molecule has 0 radical (unpaired) electrons. The summed E-state index contributed by atoms with van der Waals surface area (Å²) < 4.78 is 30.3. The fourth-order valence-electron chi connectivity index (χ4n) is 1.76. The van der Waals surface area contributed by atoms with Gasteiger partial charge in [-0.25, -0.2) is 8.42 Å². The van der Waals surface area contributed by atoms with Gasteiger partial charge in [0.25, 0.3) is 11.4 Å². The zero-order valence-corrected chi connectivity index (χ0v) is 13.0. The Balaban J connectivity index is 2.40. The molecule has 0 heterocycles. The lowest BCUT2D eigenvalue weighted by Crippen LogP contribution is -2.10. The summed E-state index contributed by atoms with van der Waals surface area (Å²) in [5.41, 5.74) is -0.455. The monoisotopic (exact) mass is 353 g/mol. The predicted octanol–water partition coefficient (Wildman–Crippen LogP) is 2.67. The van der Waals surface area contributed by atoms with E-state index < -0.39 is 19.9 Å². The molecule has 2 aromatic carbocycles. The topological polar surface area (TPSA) is 142 Å². The van der Waals surface area contributed by atoms with E-state index in [0.29, 0.717) is 0 Å². The van der Waals surface area contributed by atoms with E-state index in [-0.39, 0.29) is 28.6 Å². The van der Waals surface area contributed by atoms with Crippen molar-refractivity contribution in [2.75, 3.05) is 11.0 Å². The van der Waals surface area contributed by atoms with Crippen molar-refractivity contribution in [1.82, 2.24) is 0 Å². The number of hydrogen-bond donors (Lipinski definition) is 1. The first kappa shape index (κ1) is 17.1. The smallest absolute Gasteiger partial charge is 0.273 e. The molecule has 0 aromatic heterocycles. The van der Waals surface area contributed by atoms with Crippen molar-refractivity contribution < 1.29 is 23.0 Å². The summed E-state index contributed by atoms with van der Waals surface area (Å²) in [6.45, 7) is 0. The zero-order valence-electron chi connectivity index (χ0n) is 12.2. The number of ether oxygens (including phenoxy) is 1. The van der Waals surface area contributed by atoms with E-state index in [1.807, 2.05) is 0 Å². The zero-order chi connectivity index (χ0) is 17.9. The maximum atomic E-state index is 11.4. The summed E-state index contributed by atoms with van der Waals surface area (Å²) in [5.74, 6) is 0.0427. The summed E-state index contributed by atoms with van der Waals surface area (Å²) >= 11 is 0. The van der Waals surface area contributed by atoms with Crippen LogP contribution >= 0.6 is 0 Å². The number of anilines is 1. The van der Waals surface area contributed by atoms with E-state index in [9.17, 15) is 28.6 Å². The molecule has 0 aliphatic rings. The van der Waals surface area contributed by atoms with Crippen LogP contribution in [0.25, 0.3) is 0 Å². The SMILES string of the molecule is CS(=O)(=O)Nc1ccc([N+](=O)[O-])cc1Oc1ccc([N+](=O)[O-])cc1. The van der Waals surface area contributed by atoms with Gasteiger partial charge in [-0.3, -0.25) is 25.0 Å². The highest BCUT2D eigenvalue weighted by Gasteiger charge is 2.16. The number of nitrogens with zero attached hydrogens (tertiary/aromatic N) is 2. The van der Waals surface area contributed by atoms with Gasteiger partial charge in [-0.1, -0.05) is 0 Å². The molecule has 0 aliphatic carbocycles. The molecule has 2 rings (SSSR count). The number of nitro groups is 2. The second-order valence-electron chi connectivity index (χ2n) is 4.66. The van der Waals surface area contributed by atoms with Gasteiger partial charge in [0.1, 0.15) is 5.75 Å². The van der Waals surface area contributed by atoms with Gasteiger partial charge in [-0.2, -0.15) is 0 Å². The standard InChI is InChI=1S/C13H11N3O7S/c1-24(21,22)14-12-7-4-10(16(19)20)8-13(12)23-11-5-2-9(3-6-11)15(17)18/h2-8,14H,1H3. The largest absolute Gasteiger partial charge is 0.455 e. The van der Waals surface area contributed by atoms with Crippen LogP contribution in [0.1, 0.15) is 0 Å². The Bertz CT molecular complexity index is 894. The number of nitrogens with one attached hydrogen (secondary N) is 1. The Morgan fingerprint density at radius 1 is 0.958 bits per heavy atom. The Morgan fingerprint density at radius 2 is 1.50 bits per heavy atom. The summed E-state index contributed by atoms with van der Waals surface area (Å²) in [5, 5.41) is 21.5. The third-order valence-corrected chi connectivity index (χ3v) is 3.34. The maximum Gasteiger partial charge on any atom is 0.273 e. The summed E-state index contributed by atoms with van der Waals surface area (Å²) in [6.07, 6.45) is 0.921. The van der Waals surface area contributed by atoms with Crippen molar-refractivity contribution >= 4 is 27.1 Å². The van der Waals surface area contributed by atoms with Crippen molar-refractivity contribution in [2.45, 2.75) is 0 Å². The van der Waals surface area contributed by atoms with Crippen molar-refractivity contribution in [1.29, 1.82) is 0 Å². The Labute approximate surface area is 136 Å².